The van der Waals surface area contributed by atoms with Crippen LogP contribution in [0.2, 0.25) is 0 Å². The number of nitrogens with zero attached hydrogens (tertiary/aromatic N) is 1. The molecule has 2 atom stereocenters. The van der Waals surface area contributed by atoms with Crippen LogP contribution in [-0.2, 0) is 10.0 Å². The molecule has 0 amide bonds. The van der Waals surface area contributed by atoms with Gasteiger partial charge < -0.3 is 5.73 Å². The van der Waals surface area contributed by atoms with Gasteiger partial charge >= 0.3 is 0 Å². The Bertz CT molecular complexity index is 614. The summed E-state index contributed by atoms with van der Waals surface area (Å²) in [6.45, 7) is 8.25. The van der Waals surface area contributed by atoms with Crippen molar-refractivity contribution in [2.45, 2.75) is 43.9 Å². The molecule has 0 saturated carbocycles. The molecule has 1 aromatic carbocycles. The summed E-state index contributed by atoms with van der Waals surface area (Å²) in [6.07, 6.45) is 0. The molecule has 0 aliphatic carbocycles. The zero-order valence-electron chi connectivity index (χ0n) is 12.4. The van der Waals surface area contributed by atoms with Crippen LogP contribution in [0.1, 0.15) is 25.0 Å². The first-order valence-electron chi connectivity index (χ1n) is 6.75. The number of rotatable bonds is 2. The van der Waals surface area contributed by atoms with Gasteiger partial charge in [-0.15, -0.1) is 0 Å². The summed E-state index contributed by atoms with van der Waals surface area (Å²) in [7, 11) is -3.48. The SMILES string of the molecule is Cc1cc(N)c(C)c(S(=O)(=O)N2CCSC(C)C2C)c1. The zero-order chi connectivity index (χ0) is 15.1. The second kappa shape index (κ2) is 5.58. The van der Waals surface area contributed by atoms with Gasteiger partial charge in [0.25, 0.3) is 0 Å². The summed E-state index contributed by atoms with van der Waals surface area (Å²) in [6, 6.07) is 3.53. The first kappa shape index (κ1) is 15.7. The monoisotopic (exact) mass is 314 g/mol. The average molecular weight is 314 g/mol. The summed E-state index contributed by atoms with van der Waals surface area (Å²) in [5, 5.41) is 0.306. The minimum atomic E-state index is -3.48. The van der Waals surface area contributed by atoms with Gasteiger partial charge in [-0.1, -0.05) is 6.92 Å². The number of benzene rings is 1. The molecule has 1 saturated heterocycles. The van der Waals surface area contributed by atoms with E-state index in [1.54, 1.807) is 17.3 Å². The highest BCUT2D eigenvalue weighted by Gasteiger charge is 2.35. The van der Waals surface area contributed by atoms with E-state index >= 15 is 0 Å². The van der Waals surface area contributed by atoms with E-state index in [9.17, 15) is 8.42 Å². The Morgan fingerprint density at radius 3 is 2.60 bits per heavy atom. The number of hydrogen-bond acceptors (Lipinski definition) is 4. The van der Waals surface area contributed by atoms with Crippen LogP contribution >= 0.6 is 11.8 Å². The second-order valence-electron chi connectivity index (χ2n) is 5.41. The maximum Gasteiger partial charge on any atom is 0.243 e. The maximum atomic E-state index is 12.9. The third-order valence-electron chi connectivity index (χ3n) is 3.96. The predicted octanol–water partition coefficient (Wildman–Crippen LogP) is 2.40. The normalized spacial score (nSPS) is 24.8. The van der Waals surface area contributed by atoms with Gasteiger partial charge in [-0.25, -0.2) is 8.42 Å². The lowest BCUT2D eigenvalue weighted by Crippen LogP contribution is -2.48. The number of nitrogens with two attached hydrogens (primary N) is 1. The molecule has 1 heterocycles. The van der Waals surface area contributed by atoms with Crippen molar-refractivity contribution in [3.05, 3.63) is 23.3 Å². The van der Waals surface area contributed by atoms with E-state index in [0.29, 0.717) is 27.9 Å². The van der Waals surface area contributed by atoms with Gasteiger partial charge in [-0.3, -0.25) is 0 Å². The Labute approximate surface area is 125 Å². The van der Waals surface area contributed by atoms with Gasteiger partial charge in [-0.2, -0.15) is 16.1 Å². The van der Waals surface area contributed by atoms with Crippen molar-refractivity contribution < 1.29 is 8.42 Å². The van der Waals surface area contributed by atoms with E-state index in [0.717, 1.165) is 11.3 Å². The van der Waals surface area contributed by atoms with Gasteiger partial charge in [0.05, 0.1) is 4.90 Å². The fourth-order valence-corrected chi connectivity index (χ4v) is 5.83. The Balaban J connectivity index is 2.50. The number of aryl methyl sites for hydroxylation is 1. The molecule has 0 spiro atoms. The molecule has 1 aliphatic rings. The fraction of sp³-hybridized carbons (Fsp3) is 0.571. The third-order valence-corrected chi connectivity index (χ3v) is 7.41. The quantitative estimate of drug-likeness (QED) is 0.852. The second-order valence-corrected chi connectivity index (χ2v) is 8.75. The number of nitrogen functional groups attached to an aromatic ring is 1. The minimum Gasteiger partial charge on any atom is -0.398 e. The van der Waals surface area contributed by atoms with Crippen LogP contribution in [0.4, 0.5) is 5.69 Å². The smallest absolute Gasteiger partial charge is 0.243 e. The Morgan fingerprint density at radius 2 is 1.95 bits per heavy atom. The summed E-state index contributed by atoms with van der Waals surface area (Å²) < 4.78 is 27.5. The topological polar surface area (TPSA) is 63.4 Å². The average Bonchev–Trinajstić information content (AvgIpc) is 2.36. The molecule has 1 aliphatic heterocycles. The van der Waals surface area contributed by atoms with Crippen molar-refractivity contribution in [1.82, 2.24) is 4.31 Å². The minimum absolute atomic E-state index is 0.000105. The Kier molecular flexibility index (Phi) is 4.37. The van der Waals surface area contributed by atoms with Crippen molar-refractivity contribution in [1.29, 1.82) is 0 Å². The van der Waals surface area contributed by atoms with Crippen LogP contribution in [0.5, 0.6) is 0 Å². The molecule has 0 radical (unpaired) electrons. The van der Waals surface area contributed by atoms with E-state index in [1.165, 1.54) is 0 Å². The van der Waals surface area contributed by atoms with Crippen molar-refractivity contribution >= 4 is 27.5 Å². The summed E-state index contributed by atoms with van der Waals surface area (Å²) >= 11 is 1.82. The molecule has 0 bridgehead atoms. The molecule has 1 aromatic rings. The molecule has 4 nitrogen and oxygen atoms in total. The summed E-state index contributed by atoms with van der Waals surface area (Å²) in [5.41, 5.74) is 7.98. The van der Waals surface area contributed by atoms with Crippen LogP contribution in [0, 0.1) is 13.8 Å². The molecular formula is C14H22N2O2S2. The van der Waals surface area contributed by atoms with Crippen LogP contribution in [0.3, 0.4) is 0 Å². The van der Waals surface area contributed by atoms with Crippen molar-refractivity contribution in [3.8, 4) is 0 Å². The van der Waals surface area contributed by atoms with Gasteiger partial charge in [-0.05, 0) is 44.0 Å². The number of sulfonamides is 1. The van der Waals surface area contributed by atoms with Crippen molar-refractivity contribution in [2.24, 2.45) is 0 Å². The molecule has 112 valence electrons. The summed E-state index contributed by atoms with van der Waals surface area (Å²) in [5.74, 6) is 0.838. The highest BCUT2D eigenvalue weighted by atomic mass is 32.2. The van der Waals surface area contributed by atoms with E-state index in [-0.39, 0.29) is 6.04 Å². The lowest BCUT2D eigenvalue weighted by molar-refractivity contribution is 0.340. The third kappa shape index (κ3) is 2.69. The van der Waals surface area contributed by atoms with Gasteiger partial charge in [0.1, 0.15) is 0 Å². The molecular weight excluding hydrogens is 292 g/mol. The first-order valence-corrected chi connectivity index (χ1v) is 9.24. The maximum absolute atomic E-state index is 12.9. The molecule has 2 rings (SSSR count). The zero-order valence-corrected chi connectivity index (χ0v) is 14.0. The highest BCUT2D eigenvalue weighted by molar-refractivity contribution is 8.00. The van der Waals surface area contributed by atoms with E-state index in [2.05, 4.69) is 6.92 Å². The molecule has 20 heavy (non-hydrogen) atoms. The molecule has 0 aromatic heterocycles. The van der Waals surface area contributed by atoms with Gasteiger partial charge in [0.2, 0.25) is 10.0 Å². The first-order chi connectivity index (χ1) is 9.25. The lowest BCUT2D eigenvalue weighted by atomic mass is 10.1. The highest BCUT2D eigenvalue weighted by Crippen LogP contribution is 2.32. The number of anilines is 1. The van der Waals surface area contributed by atoms with E-state index < -0.39 is 10.0 Å². The van der Waals surface area contributed by atoms with E-state index in [1.807, 2.05) is 31.7 Å². The molecule has 2 unspecified atom stereocenters. The van der Waals surface area contributed by atoms with Crippen LogP contribution < -0.4 is 5.73 Å². The van der Waals surface area contributed by atoms with Gasteiger partial charge in [0.15, 0.2) is 0 Å². The molecule has 2 N–H and O–H groups in total. The van der Waals surface area contributed by atoms with Crippen LogP contribution in [0.25, 0.3) is 0 Å². The number of thioether (sulfide) groups is 1. The van der Waals surface area contributed by atoms with Crippen LogP contribution in [0.15, 0.2) is 17.0 Å². The predicted molar refractivity (Wildman–Crippen MR) is 85.6 cm³/mol. The Morgan fingerprint density at radius 1 is 1.30 bits per heavy atom. The summed E-state index contributed by atoms with van der Waals surface area (Å²) in [4.78, 5) is 0.348. The Hall–Kier alpha value is -0.720. The molecule has 6 heteroatoms. The van der Waals surface area contributed by atoms with Gasteiger partial charge in [0, 0.05) is 29.3 Å². The number of hydrogen-bond donors (Lipinski definition) is 1. The molecule has 1 fully saturated rings. The van der Waals surface area contributed by atoms with Crippen molar-refractivity contribution in [3.63, 3.8) is 0 Å². The fourth-order valence-electron chi connectivity index (χ4n) is 2.49. The largest absolute Gasteiger partial charge is 0.398 e. The lowest BCUT2D eigenvalue weighted by Gasteiger charge is -2.36. The standard InChI is InChI=1S/C14H22N2O2S2/c1-9-7-13(15)10(2)14(8-9)20(17,18)16-5-6-19-12(4)11(16)3/h7-8,11-12H,5-6,15H2,1-4H3. The van der Waals surface area contributed by atoms with Crippen molar-refractivity contribution in [2.75, 3.05) is 18.0 Å². The van der Waals surface area contributed by atoms with E-state index in [4.69, 9.17) is 5.73 Å². The van der Waals surface area contributed by atoms with Crippen LogP contribution in [-0.4, -0.2) is 36.3 Å².